The summed E-state index contributed by atoms with van der Waals surface area (Å²) in [6.07, 6.45) is 0. The van der Waals surface area contributed by atoms with E-state index in [-0.39, 0.29) is 177 Å². The van der Waals surface area contributed by atoms with Crippen molar-refractivity contribution in [3.05, 3.63) is 0 Å². The average molecular weight is 433 g/mol. The maximum absolute atomic E-state index is 10.4. The fourth-order valence-electron chi connectivity index (χ4n) is 1.44. The van der Waals surface area contributed by atoms with Gasteiger partial charge in [0.1, 0.15) is 0 Å². The fraction of sp³-hybridized carbons (Fsp3) is 0.600. The first-order valence-electron chi connectivity index (χ1n) is 5.44. The van der Waals surface area contributed by atoms with Gasteiger partial charge in [-0.15, -0.1) is 0 Å². The van der Waals surface area contributed by atoms with Crippen LogP contribution >= 0.6 is 0 Å². The molecule has 0 aromatic heterocycles. The van der Waals surface area contributed by atoms with Gasteiger partial charge in [-0.1, -0.05) is 0 Å². The second kappa shape index (κ2) is 28.3. The molecule has 0 unspecified atom stereocenters. The SMILES string of the molecule is O=C([O-])CN(CCN(CC(=O)[O-])CC(=O)[O-])CC(=O)[O-].[Mg+2].[Mg+2].[NaH].[NaH].[NaH].[NaH]. The van der Waals surface area contributed by atoms with Gasteiger partial charge in [0.2, 0.25) is 0 Å². The van der Waals surface area contributed by atoms with Gasteiger partial charge in [0.15, 0.2) is 0 Å². The molecule has 0 aliphatic rings. The van der Waals surface area contributed by atoms with E-state index in [9.17, 15) is 39.6 Å². The summed E-state index contributed by atoms with van der Waals surface area (Å²) >= 11 is 0. The zero-order valence-electron chi connectivity index (χ0n) is 11.8. The van der Waals surface area contributed by atoms with Gasteiger partial charge in [0, 0.05) is 39.3 Å². The van der Waals surface area contributed by atoms with Crippen molar-refractivity contribution in [2.24, 2.45) is 0 Å². The topological polar surface area (TPSA) is 167 Å². The van der Waals surface area contributed by atoms with Crippen molar-refractivity contribution >= 4 is 188 Å². The van der Waals surface area contributed by atoms with Crippen molar-refractivity contribution in [1.82, 2.24) is 9.80 Å². The molecule has 0 saturated carbocycles. The van der Waals surface area contributed by atoms with E-state index in [1.54, 1.807) is 0 Å². The third-order valence-electron chi connectivity index (χ3n) is 2.14. The Labute approximate surface area is 272 Å². The normalized spacial score (nSPS) is 8.23. The van der Waals surface area contributed by atoms with Gasteiger partial charge in [0.05, 0.1) is 23.9 Å². The number of hydrogen-bond donors (Lipinski definition) is 0. The summed E-state index contributed by atoms with van der Waals surface area (Å²) < 4.78 is 0. The molecule has 0 fully saturated rings. The zero-order chi connectivity index (χ0) is 15.7. The third kappa shape index (κ3) is 32.0. The Kier molecular flexibility index (Phi) is 51.4. The van der Waals surface area contributed by atoms with E-state index >= 15 is 0 Å². The second-order valence-electron chi connectivity index (χ2n) is 3.91. The van der Waals surface area contributed by atoms with E-state index < -0.39 is 50.1 Å². The zero-order valence-corrected chi connectivity index (χ0v) is 14.6. The maximum atomic E-state index is 10.4. The molecule has 0 radical (unpaired) electrons. The molecule has 0 aliphatic carbocycles. The predicted octanol–water partition coefficient (Wildman–Crippen LogP) is -10.8. The van der Waals surface area contributed by atoms with Gasteiger partial charge in [-0.25, -0.2) is 0 Å². The molecular formula is C10H16Mg2N2Na4O8. The minimum atomic E-state index is -1.53. The van der Waals surface area contributed by atoms with Crippen LogP contribution in [0.2, 0.25) is 0 Å². The van der Waals surface area contributed by atoms with Gasteiger partial charge in [-0.05, 0) is 0 Å². The second-order valence-corrected chi connectivity index (χ2v) is 3.91. The number of carbonyl (C=O) groups is 4. The van der Waals surface area contributed by atoms with E-state index in [2.05, 4.69) is 0 Å². The van der Waals surface area contributed by atoms with Crippen LogP contribution in [0, 0.1) is 0 Å². The quantitative estimate of drug-likeness (QED) is 0.286. The first-order valence-corrected chi connectivity index (χ1v) is 5.44. The summed E-state index contributed by atoms with van der Waals surface area (Å²) in [6.45, 7) is -3.25. The van der Waals surface area contributed by atoms with Gasteiger partial charge in [-0.2, -0.15) is 0 Å². The Balaban J connectivity index is -0.000000120. The van der Waals surface area contributed by atoms with Crippen molar-refractivity contribution in [2.75, 3.05) is 39.3 Å². The Morgan fingerprint density at radius 2 is 0.654 bits per heavy atom. The van der Waals surface area contributed by atoms with Crippen LogP contribution in [-0.4, -0.2) is 237 Å². The van der Waals surface area contributed by atoms with Crippen molar-refractivity contribution < 1.29 is 39.6 Å². The van der Waals surface area contributed by atoms with Crippen LogP contribution in [0.25, 0.3) is 0 Å². The predicted molar refractivity (Wildman–Crippen MR) is 93.0 cm³/mol. The Bertz CT molecular complexity index is 341. The fourth-order valence-corrected chi connectivity index (χ4v) is 1.44. The molecule has 16 heteroatoms. The Morgan fingerprint density at radius 3 is 0.769 bits per heavy atom. The molecule has 0 bridgehead atoms. The van der Waals surface area contributed by atoms with Crippen molar-refractivity contribution in [1.29, 1.82) is 0 Å². The molecule has 122 valence electrons. The Hall–Kier alpha value is 3.33. The van der Waals surface area contributed by atoms with Crippen LogP contribution in [-0.2, 0) is 19.2 Å². The van der Waals surface area contributed by atoms with Crippen molar-refractivity contribution in [3.63, 3.8) is 0 Å². The van der Waals surface area contributed by atoms with Crippen LogP contribution < -0.4 is 20.4 Å². The number of rotatable bonds is 11. The van der Waals surface area contributed by atoms with Gasteiger partial charge >= 0.3 is 164 Å². The summed E-state index contributed by atoms with van der Waals surface area (Å²) in [7, 11) is 0. The number of carboxylic acid groups (broad SMARTS) is 4. The molecule has 0 rings (SSSR count). The van der Waals surface area contributed by atoms with Crippen LogP contribution in [0.1, 0.15) is 0 Å². The number of aliphatic carboxylic acids is 4. The summed E-state index contributed by atoms with van der Waals surface area (Å²) in [4.78, 5) is 43.4. The molecule has 0 amide bonds. The van der Waals surface area contributed by atoms with Crippen LogP contribution in [0.5, 0.6) is 0 Å². The van der Waals surface area contributed by atoms with Crippen LogP contribution in [0.4, 0.5) is 0 Å². The van der Waals surface area contributed by atoms with Crippen LogP contribution in [0.3, 0.4) is 0 Å². The molecule has 0 aromatic rings. The van der Waals surface area contributed by atoms with Crippen molar-refractivity contribution in [2.45, 2.75) is 0 Å². The summed E-state index contributed by atoms with van der Waals surface area (Å²) in [6, 6.07) is 0. The van der Waals surface area contributed by atoms with Crippen molar-refractivity contribution in [3.8, 4) is 0 Å². The molecule has 0 spiro atoms. The summed E-state index contributed by atoms with van der Waals surface area (Å²) in [5, 5.41) is 41.6. The van der Waals surface area contributed by atoms with Crippen LogP contribution in [0.15, 0.2) is 0 Å². The molecule has 0 aromatic carbocycles. The standard InChI is InChI=1S/C10H16N2O8.2Mg.4Na.4H/c13-7(14)3-11(4-8(15)16)1-2-12(5-9(17)18)6-10(19)20;;;;;;;;;;/h1-6H2,(H,13,14)(H,15,16)(H,17,18)(H,19,20);;;;;;;;;;/q;2*+2;;;;;;;;/p-4. The van der Waals surface area contributed by atoms with E-state index in [0.717, 1.165) is 9.80 Å². The number of hydrogen-bond acceptors (Lipinski definition) is 10. The summed E-state index contributed by atoms with van der Waals surface area (Å²) in [5.41, 5.74) is 0. The molecular weight excluding hydrogens is 417 g/mol. The average Bonchev–Trinajstić information content (AvgIpc) is 2.22. The molecule has 0 saturated heterocycles. The number of carboxylic acids is 4. The number of carbonyl (C=O) groups excluding carboxylic acids is 4. The summed E-state index contributed by atoms with van der Waals surface area (Å²) in [5.74, 6) is -6.12. The third-order valence-corrected chi connectivity index (χ3v) is 2.14. The molecule has 0 atom stereocenters. The van der Waals surface area contributed by atoms with Gasteiger partial charge in [-0.3, -0.25) is 9.80 Å². The minimum absolute atomic E-state index is 0. The monoisotopic (exact) mass is 432 g/mol. The van der Waals surface area contributed by atoms with E-state index in [0.29, 0.717) is 0 Å². The molecule has 10 nitrogen and oxygen atoms in total. The van der Waals surface area contributed by atoms with E-state index in [1.807, 2.05) is 0 Å². The molecule has 0 heterocycles. The molecule has 26 heavy (non-hydrogen) atoms. The first kappa shape index (κ1) is 47.2. The van der Waals surface area contributed by atoms with Gasteiger partial charge < -0.3 is 39.6 Å². The van der Waals surface area contributed by atoms with Gasteiger partial charge in [0.25, 0.3) is 0 Å². The number of nitrogens with zero attached hydrogens (tertiary/aromatic N) is 2. The van der Waals surface area contributed by atoms with E-state index in [4.69, 9.17) is 0 Å². The Morgan fingerprint density at radius 1 is 0.500 bits per heavy atom. The molecule has 0 aliphatic heterocycles. The first-order chi connectivity index (χ1) is 9.20. The van der Waals surface area contributed by atoms with E-state index in [1.165, 1.54) is 0 Å². The molecule has 0 N–H and O–H groups in total.